The van der Waals surface area contributed by atoms with Crippen LogP contribution in [0.25, 0.3) is 0 Å². The molecule has 1 nitrogen and oxygen atoms in total. The Hall–Kier alpha value is -0.600. The van der Waals surface area contributed by atoms with E-state index in [9.17, 15) is 5.11 Å². The van der Waals surface area contributed by atoms with Gasteiger partial charge in [-0.15, -0.1) is 17.9 Å². The molecule has 0 spiro atoms. The molecular formula is C11H16OS. The van der Waals surface area contributed by atoms with Gasteiger partial charge in [0.2, 0.25) is 0 Å². The van der Waals surface area contributed by atoms with E-state index in [1.165, 1.54) is 5.56 Å². The zero-order chi connectivity index (χ0) is 9.68. The van der Waals surface area contributed by atoms with Crippen LogP contribution in [0.4, 0.5) is 0 Å². The van der Waals surface area contributed by atoms with Crippen LogP contribution in [-0.4, -0.2) is 5.11 Å². The average Bonchev–Trinajstić information content (AvgIpc) is 2.52. The normalized spacial score (nSPS) is 12.8. The van der Waals surface area contributed by atoms with Crippen molar-refractivity contribution < 1.29 is 5.11 Å². The van der Waals surface area contributed by atoms with E-state index in [1.54, 1.807) is 11.3 Å². The van der Waals surface area contributed by atoms with Crippen LogP contribution in [-0.2, 0) is 0 Å². The molecule has 0 amide bonds. The number of hydrogen-bond donors (Lipinski definition) is 1. The molecule has 72 valence electrons. The third kappa shape index (κ3) is 2.98. The Morgan fingerprint density at radius 1 is 1.69 bits per heavy atom. The molecule has 1 aromatic rings. The van der Waals surface area contributed by atoms with Gasteiger partial charge in [0.1, 0.15) is 0 Å². The van der Waals surface area contributed by atoms with Crippen LogP contribution in [0, 0.1) is 6.92 Å². The molecule has 0 aromatic carbocycles. The Balaban J connectivity index is 2.44. The van der Waals surface area contributed by atoms with Crippen molar-refractivity contribution in [3.05, 3.63) is 34.5 Å². The van der Waals surface area contributed by atoms with Crippen molar-refractivity contribution in [2.24, 2.45) is 0 Å². The molecule has 0 aliphatic carbocycles. The molecule has 1 atom stereocenters. The Morgan fingerprint density at radius 2 is 2.46 bits per heavy atom. The number of unbranched alkanes of at least 4 members (excludes halogenated alkanes) is 1. The molecule has 13 heavy (non-hydrogen) atoms. The fraction of sp³-hybridized carbons (Fsp3) is 0.455. The maximum absolute atomic E-state index is 9.79. The van der Waals surface area contributed by atoms with Crippen molar-refractivity contribution >= 4 is 11.3 Å². The lowest BCUT2D eigenvalue weighted by Crippen LogP contribution is -1.95. The van der Waals surface area contributed by atoms with E-state index < -0.39 is 0 Å². The minimum absolute atomic E-state index is 0.278. The van der Waals surface area contributed by atoms with Crippen molar-refractivity contribution in [3.8, 4) is 0 Å². The summed E-state index contributed by atoms with van der Waals surface area (Å²) in [6.45, 7) is 5.70. The predicted molar refractivity (Wildman–Crippen MR) is 58.1 cm³/mol. The van der Waals surface area contributed by atoms with Gasteiger partial charge in [0.15, 0.2) is 0 Å². The molecule has 1 unspecified atom stereocenters. The first kappa shape index (κ1) is 10.5. The SMILES string of the molecule is C=CCCCC(O)c1sccc1C. The molecule has 0 aliphatic heterocycles. The molecule has 2 heteroatoms. The highest BCUT2D eigenvalue weighted by atomic mass is 32.1. The van der Waals surface area contributed by atoms with Gasteiger partial charge in [-0.2, -0.15) is 0 Å². The molecule has 0 fully saturated rings. The largest absolute Gasteiger partial charge is 0.388 e. The quantitative estimate of drug-likeness (QED) is 0.565. The molecule has 0 saturated heterocycles. The van der Waals surface area contributed by atoms with Crippen molar-refractivity contribution in [2.45, 2.75) is 32.3 Å². The number of thiophene rings is 1. The highest BCUT2D eigenvalue weighted by Crippen LogP contribution is 2.27. The first-order valence-corrected chi connectivity index (χ1v) is 5.46. The topological polar surface area (TPSA) is 20.2 Å². The van der Waals surface area contributed by atoms with Gasteiger partial charge >= 0.3 is 0 Å². The lowest BCUT2D eigenvalue weighted by molar-refractivity contribution is 0.168. The summed E-state index contributed by atoms with van der Waals surface area (Å²) in [5.41, 5.74) is 1.20. The van der Waals surface area contributed by atoms with E-state index in [0.717, 1.165) is 24.1 Å². The van der Waals surface area contributed by atoms with Crippen LogP contribution in [0.5, 0.6) is 0 Å². The summed E-state index contributed by atoms with van der Waals surface area (Å²) in [6.07, 6.45) is 4.46. The molecule has 1 N–H and O–H groups in total. The van der Waals surface area contributed by atoms with Crippen molar-refractivity contribution in [1.82, 2.24) is 0 Å². The fourth-order valence-electron chi connectivity index (χ4n) is 1.31. The molecule has 0 saturated carbocycles. The van der Waals surface area contributed by atoms with Crippen molar-refractivity contribution in [1.29, 1.82) is 0 Å². The van der Waals surface area contributed by atoms with Crippen LogP contribution in [0.2, 0.25) is 0 Å². The van der Waals surface area contributed by atoms with Crippen LogP contribution in [0.1, 0.15) is 35.8 Å². The first-order valence-electron chi connectivity index (χ1n) is 4.58. The molecular weight excluding hydrogens is 180 g/mol. The monoisotopic (exact) mass is 196 g/mol. The summed E-state index contributed by atoms with van der Waals surface area (Å²) in [6, 6.07) is 2.05. The minimum Gasteiger partial charge on any atom is -0.388 e. The van der Waals surface area contributed by atoms with Crippen LogP contribution in [0.3, 0.4) is 0 Å². The zero-order valence-corrected chi connectivity index (χ0v) is 8.81. The number of hydrogen-bond acceptors (Lipinski definition) is 2. The van der Waals surface area contributed by atoms with Gasteiger partial charge in [0.25, 0.3) is 0 Å². The second-order valence-electron chi connectivity index (χ2n) is 3.20. The average molecular weight is 196 g/mol. The summed E-state index contributed by atoms with van der Waals surface area (Å²) in [4.78, 5) is 1.11. The lowest BCUT2D eigenvalue weighted by Gasteiger charge is -2.08. The van der Waals surface area contributed by atoms with Gasteiger partial charge in [-0.05, 0) is 43.2 Å². The molecule has 0 aliphatic rings. The lowest BCUT2D eigenvalue weighted by atomic mass is 10.1. The van der Waals surface area contributed by atoms with Crippen molar-refractivity contribution in [2.75, 3.05) is 0 Å². The predicted octanol–water partition coefficient (Wildman–Crippen LogP) is 3.45. The Labute approximate surface area is 83.7 Å². The van der Waals surface area contributed by atoms with Crippen molar-refractivity contribution in [3.63, 3.8) is 0 Å². The highest BCUT2D eigenvalue weighted by Gasteiger charge is 2.10. The highest BCUT2D eigenvalue weighted by molar-refractivity contribution is 7.10. The third-order valence-electron chi connectivity index (χ3n) is 2.09. The standard InChI is InChI=1S/C11H16OS/c1-3-4-5-6-10(12)11-9(2)7-8-13-11/h3,7-8,10,12H,1,4-6H2,2H3. The maximum atomic E-state index is 9.79. The molecule has 0 bridgehead atoms. The number of aliphatic hydroxyl groups is 1. The Morgan fingerprint density at radius 3 is 3.00 bits per heavy atom. The summed E-state index contributed by atoms with van der Waals surface area (Å²) in [5, 5.41) is 11.8. The van der Waals surface area contributed by atoms with Gasteiger partial charge in [-0.25, -0.2) is 0 Å². The summed E-state index contributed by atoms with van der Waals surface area (Å²) >= 11 is 1.64. The van der Waals surface area contributed by atoms with E-state index in [2.05, 4.69) is 12.6 Å². The first-order chi connectivity index (χ1) is 6.25. The number of rotatable bonds is 5. The Kier molecular flexibility index (Phi) is 4.19. The smallest absolute Gasteiger partial charge is 0.0884 e. The van der Waals surface area contributed by atoms with Gasteiger partial charge in [0.05, 0.1) is 6.10 Å². The Bertz CT molecular complexity index is 265. The summed E-state index contributed by atoms with van der Waals surface area (Å²) in [5.74, 6) is 0. The second kappa shape index (κ2) is 5.20. The minimum atomic E-state index is -0.278. The van der Waals surface area contributed by atoms with Gasteiger partial charge < -0.3 is 5.11 Å². The summed E-state index contributed by atoms with van der Waals surface area (Å²) in [7, 11) is 0. The van der Waals surface area contributed by atoms with E-state index in [-0.39, 0.29) is 6.10 Å². The number of allylic oxidation sites excluding steroid dienone is 1. The fourth-order valence-corrected chi connectivity index (χ4v) is 2.26. The molecule has 1 aromatic heterocycles. The number of aryl methyl sites for hydroxylation is 1. The third-order valence-corrected chi connectivity index (χ3v) is 3.21. The summed E-state index contributed by atoms with van der Waals surface area (Å²) < 4.78 is 0. The number of aliphatic hydroxyl groups excluding tert-OH is 1. The molecule has 1 heterocycles. The van der Waals surface area contributed by atoms with Gasteiger partial charge in [-0.3, -0.25) is 0 Å². The van der Waals surface area contributed by atoms with Crippen LogP contribution in [0.15, 0.2) is 24.1 Å². The zero-order valence-electron chi connectivity index (χ0n) is 7.99. The van der Waals surface area contributed by atoms with E-state index in [0.29, 0.717) is 0 Å². The molecule has 0 radical (unpaired) electrons. The van der Waals surface area contributed by atoms with E-state index >= 15 is 0 Å². The second-order valence-corrected chi connectivity index (χ2v) is 4.15. The van der Waals surface area contributed by atoms with E-state index in [4.69, 9.17) is 0 Å². The van der Waals surface area contributed by atoms with Crippen LogP contribution < -0.4 is 0 Å². The van der Waals surface area contributed by atoms with Gasteiger partial charge in [0, 0.05) is 4.88 Å². The van der Waals surface area contributed by atoms with Gasteiger partial charge in [-0.1, -0.05) is 6.08 Å². The van der Waals surface area contributed by atoms with Crippen LogP contribution >= 0.6 is 11.3 Å². The molecule has 1 rings (SSSR count). The maximum Gasteiger partial charge on any atom is 0.0884 e. The van der Waals surface area contributed by atoms with E-state index in [1.807, 2.05) is 18.4 Å².